The van der Waals surface area contributed by atoms with E-state index in [1.807, 2.05) is 22.6 Å². The normalized spacial score (nSPS) is 11.2. The Bertz CT molecular complexity index is 643. The van der Waals surface area contributed by atoms with Crippen LogP contribution in [0.25, 0.3) is 0 Å². The Morgan fingerprint density at radius 2 is 1.68 bits per heavy atom. The molecule has 0 atom stereocenters. The predicted octanol–water partition coefficient (Wildman–Crippen LogP) is 2.43. The first-order valence-corrected chi connectivity index (χ1v) is 8.50. The van der Waals surface area contributed by atoms with Crippen LogP contribution in [0.1, 0.15) is 19.4 Å². The molecule has 0 fully saturated rings. The molecule has 0 aliphatic rings. The zero-order chi connectivity index (χ0) is 15.0. The molecule has 0 heterocycles. The van der Waals surface area contributed by atoms with E-state index >= 15 is 0 Å². The van der Waals surface area contributed by atoms with Gasteiger partial charge in [-0.1, -0.05) is 0 Å². The third kappa shape index (κ3) is 3.67. The Labute approximate surface area is 129 Å². The number of aryl methyl sites for hydroxylation is 1. The largest absolute Gasteiger partial charge is 0.274 e. The molecule has 0 saturated heterocycles. The first kappa shape index (κ1) is 16.4. The van der Waals surface area contributed by atoms with Gasteiger partial charge in [0.25, 0.3) is 9.05 Å². The SMILES string of the molecule is CC(=O)N(C(C)=O)c1c(I)cc(C)cc1S(=O)(=O)Cl. The highest BCUT2D eigenvalue weighted by Crippen LogP contribution is 2.34. The number of anilines is 1. The zero-order valence-corrected chi connectivity index (χ0v) is 14.1. The Morgan fingerprint density at radius 3 is 2.05 bits per heavy atom. The fraction of sp³-hybridized carbons (Fsp3) is 0.273. The van der Waals surface area contributed by atoms with Gasteiger partial charge in [-0.2, -0.15) is 0 Å². The molecule has 0 aliphatic carbocycles. The Kier molecular flexibility index (Phi) is 4.97. The molecule has 0 aliphatic heterocycles. The molecule has 5 nitrogen and oxygen atoms in total. The van der Waals surface area contributed by atoms with Crippen LogP contribution in [0.5, 0.6) is 0 Å². The van der Waals surface area contributed by atoms with Crippen LogP contribution in [0.4, 0.5) is 5.69 Å². The molecule has 1 aromatic carbocycles. The highest BCUT2D eigenvalue weighted by atomic mass is 127. The molecule has 2 amide bonds. The lowest BCUT2D eigenvalue weighted by atomic mass is 10.2. The van der Waals surface area contributed by atoms with Gasteiger partial charge < -0.3 is 0 Å². The zero-order valence-electron chi connectivity index (χ0n) is 10.4. The van der Waals surface area contributed by atoms with Crippen LogP contribution in [-0.4, -0.2) is 20.2 Å². The molecule has 0 bridgehead atoms. The first-order valence-electron chi connectivity index (χ1n) is 5.11. The van der Waals surface area contributed by atoms with E-state index in [4.69, 9.17) is 10.7 Å². The number of benzene rings is 1. The maximum Gasteiger partial charge on any atom is 0.263 e. The van der Waals surface area contributed by atoms with Gasteiger partial charge in [0, 0.05) is 28.1 Å². The quantitative estimate of drug-likeness (QED) is 0.549. The second-order valence-corrected chi connectivity index (χ2v) is 7.60. The van der Waals surface area contributed by atoms with Crippen molar-refractivity contribution in [1.29, 1.82) is 0 Å². The maximum atomic E-state index is 11.6. The van der Waals surface area contributed by atoms with E-state index in [2.05, 4.69) is 0 Å². The minimum absolute atomic E-state index is 0.00111. The number of hydrogen-bond donors (Lipinski definition) is 0. The summed E-state index contributed by atoms with van der Waals surface area (Å²) in [5.74, 6) is -1.15. The summed E-state index contributed by atoms with van der Waals surface area (Å²) < 4.78 is 23.7. The van der Waals surface area contributed by atoms with Crippen molar-refractivity contribution in [1.82, 2.24) is 0 Å². The summed E-state index contributed by atoms with van der Waals surface area (Å²) in [6.45, 7) is 4.06. The maximum absolute atomic E-state index is 11.6. The van der Waals surface area contributed by atoms with Crippen molar-refractivity contribution in [2.75, 3.05) is 4.90 Å². The second kappa shape index (κ2) is 5.76. The molecule has 0 radical (unpaired) electrons. The van der Waals surface area contributed by atoms with Crippen LogP contribution in [0, 0.1) is 10.5 Å². The van der Waals surface area contributed by atoms with Gasteiger partial charge >= 0.3 is 0 Å². The third-order valence-corrected chi connectivity index (χ3v) is 4.45. The molecular formula is C11H11ClINO4S. The minimum Gasteiger partial charge on any atom is -0.274 e. The fourth-order valence-corrected chi connectivity index (χ4v) is 3.96. The van der Waals surface area contributed by atoms with Gasteiger partial charge in [-0.05, 0) is 47.2 Å². The van der Waals surface area contributed by atoms with Crippen LogP contribution < -0.4 is 4.90 Å². The topological polar surface area (TPSA) is 71.5 Å². The summed E-state index contributed by atoms with van der Waals surface area (Å²) in [6.07, 6.45) is 0. The number of carbonyl (C=O) groups excluding carboxylic acids is 2. The summed E-state index contributed by atoms with van der Waals surface area (Å²) in [5.41, 5.74) is 0.667. The molecule has 0 spiro atoms. The molecule has 0 N–H and O–H groups in total. The van der Waals surface area contributed by atoms with E-state index < -0.39 is 20.9 Å². The smallest absolute Gasteiger partial charge is 0.263 e. The van der Waals surface area contributed by atoms with E-state index in [0.717, 1.165) is 4.90 Å². The summed E-state index contributed by atoms with van der Waals surface area (Å²) in [6, 6.07) is 3.00. The molecular weight excluding hydrogens is 405 g/mol. The Hall–Kier alpha value is -0.670. The van der Waals surface area contributed by atoms with Gasteiger partial charge in [0.15, 0.2) is 0 Å². The number of rotatable bonds is 2. The second-order valence-electron chi connectivity index (χ2n) is 3.90. The van der Waals surface area contributed by atoms with Gasteiger partial charge in [-0.25, -0.2) is 13.3 Å². The molecule has 19 heavy (non-hydrogen) atoms. The average molecular weight is 416 g/mol. The van der Waals surface area contributed by atoms with Crippen molar-refractivity contribution in [3.05, 3.63) is 21.3 Å². The molecule has 0 unspecified atom stereocenters. The van der Waals surface area contributed by atoms with Gasteiger partial charge in [0.2, 0.25) is 11.8 Å². The number of hydrogen-bond acceptors (Lipinski definition) is 4. The Balaban J connectivity index is 3.76. The molecule has 8 heteroatoms. The standard InChI is InChI=1S/C11H11ClINO4S/c1-6-4-9(13)11(10(5-6)19(12,17)18)14(7(2)15)8(3)16/h4-5H,1-3H3. The van der Waals surface area contributed by atoms with Crippen molar-refractivity contribution in [3.8, 4) is 0 Å². The van der Waals surface area contributed by atoms with Crippen LogP contribution in [0.2, 0.25) is 0 Å². The third-order valence-electron chi connectivity index (χ3n) is 2.29. The summed E-state index contributed by atoms with van der Waals surface area (Å²) in [7, 11) is 1.31. The number of imide groups is 1. The van der Waals surface area contributed by atoms with Gasteiger partial charge in [0.1, 0.15) is 4.90 Å². The summed E-state index contributed by atoms with van der Waals surface area (Å²) >= 11 is 1.86. The molecule has 104 valence electrons. The van der Waals surface area contributed by atoms with Crippen molar-refractivity contribution >= 4 is 59.8 Å². The highest BCUT2D eigenvalue weighted by molar-refractivity contribution is 14.1. The van der Waals surface area contributed by atoms with Gasteiger partial charge in [-0.3, -0.25) is 9.59 Å². The average Bonchev–Trinajstić information content (AvgIpc) is 2.18. The van der Waals surface area contributed by atoms with Gasteiger partial charge in [-0.15, -0.1) is 0 Å². The molecule has 1 rings (SSSR count). The number of amides is 2. The van der Waals surface area contributed by atoms with Gasteiger partial charge in [0.05, 0.1) is 5.69 Å². The van der Waals surface area contributed by atoms with Crippen molar-refractivity contribution < 1.29 is 18.0 Å². The van der Waals surface area contributed by atoms with Crippen molar-refractivity contribution in [2.24, 2.45) is 0 Å². The van der Waals surface area contributed by atoms with E-state index in [0.29, 0.717) is 9.13 Å². The van der Waals surface area contributed by atoms with E-state index in [1.165, 1.54) is 19.9 Å². The van der Waals surface area contributed by atoms with Crippen LogP contribution >= 0.6 is 33.3 Å². The minimum atomic E-state index is -4.07. The molecule has 1 aromatic rings. The van der Waals surface area contributed by atoms with Crippen LogP contribution in [0.15, 0.2) is 17.0 Å². The number of carbonyl (C=O) groups is 2. The molecule has 0 aromatic heterocycles. The van der Waals surface area contributed by atoms with Crippen LogP contribution in [0.3, 0.4) is 0 Å². The van der Waals surface area contributed by atoms with Crippen LogP contribution in [-0.2, 0) is 18.6 Å². The van der Waals surface area contributed by atoms with Crippen molar-refractivity contribution in [2.45, 2.75) is 25.7 Å². The first-order chi connectivity index (χ1) is 8.55. The Morgan fingerprint density at radius 1 is 1.21 bits per heavy atom. The van der Waals surface area contributed by atoms with Crippen molar-refractivity contribution in [3.63, 3.8) is 0 Å². The summed E-state index contributed by atoms with van der Waals surface area (Å²) in [5, 5.41) is 0. The highest BCUT2D eigenvalue weighted by Gasteiger charge is 2.27. The lowest BCUT2D eigenvalue weighted by Gasteiger charge is -2.21. The summed E-state index contributed by atoms with van der Waals surface area (Å²) in [4.78, 5) is 23.7. The monoisotopic (exact) mass is 415 g/mol. The lowest BCUT2D eigenvalue weighted by Crippen LogP contribution is -2.34. The fourth-order valence-electron chi connectivity index (χ4n) is 1.64. The predicted molar refractivity (Wildman–Crippen MR) is 80.8 cm³/mol. The van der Waals surface area contributed by atoms with E-state index in [-0.39, 0.29) is 10.6 Å². The van der Waals surface area contributed by atoms with E-state index in [1.54, 1.807) is 13.0 Å². The number of nitrogens with zero attached hydrogens (tertiary/aromatic N) is 1. The number of halogens is 2. The lowest BCUT2D eigenvalue weighted by molar-refractivity contribution is -0.124. The molecule has 0 saturated carbocycles. The van der Waals surface area contributed by atoms with E-state index in [9.17, 15) is 18.0 Å².